The summed E-state index contributed by atoms with van der Waals surface area (Å²) in [6, 6.07) is -0.833. The molecule has 0 bridgehead atoms. The second-order valence-corrected chi connectivity index (χ2v) is 25.0. The van der Waals surface area contributed by atoms with E-state index in [1.165, 1.54) is 173 Å². The van der Waals surface area contributed by atoms with Gasteiger partial charge in [0.1, 0.15) is 48.8 Å². The number of carbonyl (C=O) groups excluding carboxylic acids is 1. The zero-order chi connectivity index (χ0) is 63.1. The molecule has 0 aromatic heterocycles. The first-order chi connectivity index (χ1) is 42.6. The average molecular weight is 1230 g/mol. The molecule has 2 saturated heterocycles. The Morgan fingerprint density at radius 1 is 0.425 bits per heavy atom. The molecule has 0 radical (unpaired) electrons. The SMILES string of the molecule is CC/C=C\C/C=C\C/C=C\C/C=C\C/C=C\C/C=C\CCCCCCCCCCCCCCCCC(=O)NC(COC1OC(CO)C(OC2OC(CO)C(O)C(O)C2O)C(O)C1O)C(O)CCCCCCCCCCCCCCCCCCCCCC. The number of allylic oxidation sites excluding steroid dienone is 12. The summed E-state index contributed by atoms with van der Waals surface area (Å²) in [6.45, 7) is 2.78. The topological polar surface area (TPSA) is 228 Å². The summed E-state index contributed by atoms with van der Waals surface area (Å²) in [7, 11) is 0. The van der Waals surface area contributed by atoms with E-state index in [0.717, 1.165) is 89.9 Å². The molecule has 87 heavy (non-hydrogen) atoms. The van der Waals surface area contributed by atoms with Gasteiger partial charge in [0.25, 0.3) is 0 Å². The molecule has 0 aromatic carbocycles. The third-order valence-electron chi connectivity index (χ3n) is 17.2. The summed E-state index contributed by atoms with van der Waals surface area (Å²) in [4.78, 5) is 13.4. The first-order valence-electron chi connectivity index (χ1n) is 35.7. The van der Waals surface area contributed by atoms with Crippen LogP contribution in [0, 0.1) is 0 Å². The third-order valence-corrected chi connectivity index (χ3v) is 17.2. The van der Waals surface area contributed by atoms with Gasteiger partial charge in [0.05, 0.1) is 32.0 Å². The largest absolute Gasteiger partial charge is 0.394 e. The van der Waals surface area contributed by atoms with Crippen LogP contribution in [0.3, 0.4) is 0 Å². The maximum Gasteiger partial charge on any atom is 0.220 e. The molecule has 2 heterocycles. The first-order valence-corrected chi connectivity index (χ1v) is 35.7. The van der Waals surface area contributed by atoms with Crippen LogP contribution in [0.2, 0.25) is 0 Å². The minimum Gasteiger partial charge on any atom is -0.394 e. The lowest BCUT2D eigenvalue weighted by Gasteiger charge is -2.46. The highest BCUT2D eigenvalue weighted by molar-refractivity contribution is 5.76. The van der Waals surface area contributed by atoms with Gasteiger partial charge in [0, 0.05) is 6.42 Å². The van der Waals surface area contributed by atoms with Gasteiger partial charge >= 0.3 is 0 Å². The summed E-state index contributed by atoms with van der Waals surface area (Å²) in [5.74, 6) is -0.206. The van der Waals surface area contributed by atoms with Gasteiger partial charge in [-0.2, -0.15) is 0 Å². The zero-order valence-electron chi connectivity index (χ0n) is 55.0. The fourth-order valence-electron chi connectivity index (χ4n) is 11.5. The second kappa shape index (κ2) is 57.3. The number of ether oxygens (including phenoxy) is 4. The van der Waals surface area contributed by atoms with Gasteiger partial charge in [-0.25, -0.2) is 0 Å². The van der Waals surface area contributed by atoms with Crippen molar-refractivity contribution in [3.63, 3.8) is 0 Å². The highest BCUT2D eigenvalue weighted by Crippen LogP contribution is 2.30. The predicted octanol–water partition coefficient (Wildman–Crippen LogP) is 14.6. The van der Waals surface area contributed by atoms with Gasteiger partial charge in [-0.1, -0.05) is 292 Å². The fraction of sp³-hybridized carbons (Fsp3) is 0.822. The number of unbranched alkanes of at least 4 members (excludes halogenated alkanes) is 33. The quantitative estimate of drug-likeness (QED) is 0.0204. The van der Waals surface area contributed by atoms with Gasteiger partial charge in [0.15, 0.2) is 12.6 Å². The second-order valence-electron chi connectivity index (χ2n) is 25.0. The van der Waals surface area contributed by atoms with E-state index in [1.807, 2.05) is 0 Å². The summed E-state index contributed by atoms with van der Waals surface area (Å²) in [6.07, 6.45) is 60.5. The molecule has 2 aliphatic rings. The van der Waals surface area contributed by atoms with Crippen molar-refractivity contribution < 1.29 is 64.6 Å². The predicted molar refractivity (Wildman–Crippen MR) is 355 cm³/mol. The molecule has 0 aliphatic carbocycles. The van der Waals surface area contributed by atoms with E-state index in [2.05, 4.69) is 92.1 Å². The van der Waals surface area contributed by atoms with Gasteiger partial charge in [0.2, 0.25) is 5.91 Å². The summed E-state index contributed by atoms with van der Waals surface area (Å²) < 4.78 is 22.9. The van der Waals surface area contributed by atoms with Crippen molar-refractivity contribution in [3.8, 4) is 0 Å². The third kappa shape index (κ3) is 41.5. The molecule has 0 aromatic rings. The molecular formula is C73H131NO13. The number of aliphatic hydroxyl groups is 8. The molecule has 2 fully saturated rings. The molecule has 2 rings (SSSR count). The van der Waals surface area contributed by atoms with E-state index in [4.69, 9.17) is 18.9 Å². The number of aliphatic hydroxyl groups excluding tert-OH is 8. The van der Waals surface area contributed by atoms with E-state index in [9.17, 15) is 45.6 Å². The number of hydrogen-bond donors (Lipinski definition) is 9. The molecule has 0 spiro atoms. The van der Waals surface area contributed by atoms with E-state index < -0.39 is 86.8 Å². The van der Waals surface area contributed by atoms with Crippen LogP contribution in [0.1, 0.15) is 290 Å². The lowest BCUT2D eigenvalue weighted by molar-refractivity contribution is -0.359. The van der Waals surface area contributed by atoms with E-state index in [1.54, 1.807) is 0 Å². The molecule has 12 unspecified atom stereocenters. The van der Waals surface area contributed by atoms with Crippen molar-refractivity contribution in [3.05, 3.63) is 72.9 Å². The molecule has 14 heteroatoms. The molecule has 506 valence electrons. The van der Waals surface area contributed by atoms with Crippen molar-refractivity contribution in [2.75, 3.05) is 19.8 Å². The van der Waals surface area contributed by atoms with Gasteiger partial charge in [-0.05, 0) is 64.2 Å². The maximum absolute atomic E-state index is 13.4. The van der Waals surface area contributed by atoms with Crippen LogP contribution in [0.15, 0.2) is 72.9 Å². The number of hydrogen-bond acceptors (Lipinski definition) is 13. The summed E-state index contributed by atoms with van der Waals surface area (Å²) in [5, 5.41) is 87.6. The Balaban J connectivity index is 1.64. The molecule has 0 saturated carbocycles. The molecule has 2 aliphatic heterocycles. The maximum atomic E-state index is 13.4. The molecular weight excluding hydrogens is 1100 g/mol. The van der Waals surface area contributed by atoms with Crippen molar-refractivity contribution >= 4 is 5.91 Å². The van der Waals surface area contributed by atoms with Crippen molar-refractivity contribution in [2.24, 2.45) is 0 Å². The Morgan fingerprint density at radius 2 is 0.793 bits per heavy atom. The van der Waals surface area contributed by atoms with Crippen molar-refractivity contribution in [1.29, 1.82) is 0 Å². The van der Waals surface area contributed by atoms with Crippen LogP contribution >= 0.6 is 0 Å². The van der Waals surface area contributed by atoms with Crippen molar-refractivity contribution in [2.45, 2.75) is 364 Å². The Kier molecular flexibility index (Phi) is 53.1. The molecule has 9 N–H and O–H groups in total. The normalized spacial score (nSPS) is 23.7. The molecule has 1 amide bonds. The van der Waals surface area contributed by atoms with Crippen LogP contribution in [0.25, 0.3) is 0 Å². The van der Waals surface area contributed by atoms with Crippen LogP contribution in [0.4, 0.5) is 0 Å². The lowest BCUT2D eigenvalue weighted by Crippen LogP contribution is -2.65. The Hall–Kier alpha value is -2.57. The van der Waals surface area contributed by atoms with Gasteiger partial charge < -0.3 is 65.1 Å². The highest BCUT2D eigenvalue weighted by atomic mass is 16.7. The van der Waals surface area contributed by atoms with Crippen molar-refractivity contribution in [1.82, 2.24) is 5.32 Å². The monoisotopic (exact) mass is 1230 g/mol. The number of amides is 1. The van der Waals surface area contributed by atoms with E-state index >= 15 is 0 Å². The average Bonchev–Trinajstić information content (AvgIpc) is 2.59. The fourth-order valence-corrected chi connectivity index (χ4v) is 11.5. The Bertz CT molecular complexity index is 1740. The standard InChI is InChI=1S/C73H131NO13/c1-3-5-7-9-11-13-15-17-19-21-23-25-26-27-28-29-30-31-32-33-34-35-36-37-39-41-43-45-47-49-51-53-55-57-65(78)74-61(62(77)56-54-52-50-48-46-44-42-40-38-24-22-20-18-16-14-12-10-8-6-4-2)60-84-72-70(83)68(81)71(64(59-76)86-72)87-73-69(82)67(80)66(79)63(58-75)85-73/h5,7,11,13,17,19,23,25,27-28,30-31,61-64,66-73,75-77,79-83H,3-4,6,8-10,12,14-16,18,20-22,24,26,29,32-60H2,1-2H3,(H,74,78)/b7-5-,13-11-,19-17-,25-23-,28-27-,31-30-. The van der Waals surface area contributed by atoms with Gasteiger partial charge in [-0.15, -0.1) is 0 Å². The molecule has 14 nitrogen and oxygen atoms in total. The first kappa shape index (κ1) is 80.5. The summed E-state index contributed by atoms with van der Waals surface area (Å²) in [5.41, 5.74) is 0. The minimum atomic E-state index is -1.78. The van der Waals surface area contributed by atoms with Crippen LogP contribution in [-0.4, -0.2) is 140 Å². The highest BCUT2D eigenvalue weighted by Gasteiger charge is 2.51. The lowest BCUT2D eigenvalue weighted by atomic mass is 9.97. The zero-order valence-corrected chi connectivity index (χ0v) is 55.0. The minimum absolute atomic E-state index is 0.206. The van der Waals surface area contributed by atoms with Crippen LogP contribution in [0.5, 0.6) is 0 Å². The van der Waals surface area contributed by atoms with E-state index in [-0.39, 0.29) is 12.5 Å². The number of carbonyl (C=O) groups is 1. The molecule has 12 atom stereocenters. The smallest absolute Gasteiger partial charge is 0.220 e. The summed E-state index contributed by atoms with van der Waals surface area (Å²) >= 11 is 0. The Labute approximate surface area is 529 Å². The van der Waals surface area contributed by atoms with E-state index in [0.29, 0.717) is 12.8 Å². The number of rotatable bonds is 58. The van der Waals surface area contributed by atoms with Crippen LogP contribution in [-0.2, 0) is 23.7 Å². The van der Waals surface area contributed by atoms with Crippen LogP contribution < -0.4 is 5.32 Å². The Morgan fingerprint density at radius 3 is 1.22 bits per heavy atom. The number of nitrogens with one attached hydrogen (secondary N) is 1. The van der Waals surface area contributed by atoms with Gasteiger partial charge in [-0.3, -0.25) is 4.79 Å².